The summed E-state index contributed by atoms with van der Waals surface area (Å²) < 4.78 is 55.7. The Hall–Kier alpha value is -1.95. The summed E-state index contributed by atoms with van der Waals surface area (Å²) in [6, 6.07) is 11.0. The average Bonchev–Trinajstić information content (AvgIpc) is 3.02. The Kier molecular flexibility index (Phi) is 5.32. The van der Waals surface area contributed by atoms with E-state index in [1.54, 1.807) is 47.2 Å². The number of anilines is 1. The fraction of sp³-hybridized carbons (Fsp3) is 0.133. The van der Waals surface area contributed by atoms with Crippen molar-refractivity contribution >= 4 is 47.2 Å². The lowest BCUT2D eigenvalue weighted by Crippen LogP contribution is -2.31. The Morgan fingerprint density at radius 1 is 1.04 bits per heavy atom. The molecule has 0 saturated carbocycles. The van der Waals surface area contributed by atoms with Gasteiger partial charge >= 0.3 is 0 Å². The summed E-state index contributed by atoms with van der Waals surface area (Å²) in [4.78, 5) is 0.0669. The number of benzene rings is 1. The SMILES string of the molecule is O=S(=O)(CCNS(=O)(=O)c1ccc(Br)cc1)Nc1ccn2nccc2c1. The number of hydrogen-bond donors (Lipinski definition) is 2. The second-order valence-electron chi connectivity index (χ2n) is 5.39. The van der Waals surface area contributed by atoms with Crippen molar-refractivity contribution in [3.05, 3.63) is 59.3 Å². The third kappa shape index (κ3) is 4.61. The summed E-state index contributed by atoms with van der Waals surface area (Å²) in [6.07, 6.45) is 3.23. The third-order valence-corrected chi connectivity index (χ3v) is 6.75. The van der Waals surface area contributed by atoms with E-state index < -0.39 is 25.8 Å². The Labute approximate surface area is 159 Å². The molecule has 26 heavy (non-hydrogen) atoms. The number of rotatable bonds is 7. The highest BCUT2D eigenvalue weighted by Gasteiger charge is 2.16. The van der Waals surface area contributed by atoms with Crippen molar-refractivity contribution in [1.29, 1.82) is 0 Å². The molecule has 1 aromatic carbocycles. The topological polar surface area (TPSA) is 110 Å². The molecule has 0 unspecified atom stereocenters. The van der Waals surface area contributed by atoms with Crippen LogP contribution in [0.25, 0.3) is 5.52 Å². The van der Waals surface area contributed by atoms with Gasteiger partial charge in [-0.15, -0.1) is 0 Å². The normalized spacial score (nSPS) is 12.3. The van der Waals surface area contributed by atoms with Crippen molar-refractivity contribution in [3.8, 4) is 0 Å². The van der Waals surface area contributed by atoms with Gasteiger partial charge in [-0.2, -0.15) is 5.10 Å². The molecule has 0 amide bonds. The van der Waals surface area contributed by atoms with Crippen LogP contribution in [-0.2, 0) is 20.0 Å². The number of sulfonamides is 2. The van der Waals surface area contributed by atoms with E-state index >= 15 is 0 Å². The number of halogens is 1. The van der Waals surface area contributed by atoms with Gasteiger partial charge in [-0.05, 0) is 42.5 Å². The van der Waals surface area contributed by atoms with Crippen LogP contribution >= 0.6 is 15.9 Å². The fourth-order valence-electron chi connectivity index (χ4n) is 2.22. The quantitative estimate of drug-likeness (QED) is 0.560. The summed E-state index contributed by atoms with van der Waals surface area (Å²) in [5.74, 6) is -0.396. The highest BCUT2D eigenvalue weighted by atomic mass is 79.9. The molecule has 0 bridgehead atoms. The summed E-state index contributed by atoms with van der Waals surface area (Å²) in [5, 5.41) is 4.03. The Morgan fingerprint density at radius 3 is 2.50 bits per heavy atom. The maximum absolute atomic E-state index is 12.2. The van der Waals surface area contributed by atoms with Crippen molar-refractivity contribution < 1.29 is 16.8 Å². The van der Waals surface area contributed by atoms with E-state index in [-0.39, 0.29) is 11.4 Å². The molecule has 2 heterocycles. The molecule has 3 rings (SSSR count). The molecular weight excluding hydrogens is 444 g/mol. The summed E-state index contributed by atoms with van der Waals surface area (Å²) in [7, 11) is -7.48. The van der Waals surface area contributed by atoms with E-state index in [9.17, 15) is 16.8 Å². The molecule has 0 spiro atoms. The lowest BCUT2D eigenvalue weighted by molar-refractivity contribution is 0.582. The Balaban J connectivity index is 1.61. The van der Waals surface area contributed by atoms with Gasteiger partial charge in [-0.1, -0.05) is 15.9 Å². The second-order valence-corrected chi connectivity index (χ2v) is 9.91. The molecule has 3 aromatic rings. The number of fused-ring (bicyclic) bond motifs is 1. The van der Waals surface area contributed by atoms with Gasteiger partial charge in [0.2, 0.25) is 20.0 Å². The van der Waals surface area contributed by atoms with Crippen LogP contribution in [0.2, 0.25) is 0 Å². The number of nitrogens with one attached hydrogen (secondary N) is 2. The molecule has 2 N–H and O–H groups in total. The molecule has 0 aliphatic carbocycles. The maximum Gasteiger partial charge on any atom is 0.240 e. The zero-order valence-electron chi connectivity index (χ0n) is 13.3. The van der Waals surface area contributed by atoms with E-state index in [4.69, 9.17) is 0 Å². The van der Waals surface area contributed by atoms with Crippen molar-refractivity contribution in [2.75, 3.05) is 17.0 Å². The average molecular weight is 459 g/mol. The van der Waals surface area contributed by atoms with Gasteiger partial charge in [0.25, 0.3) is 0 Å². The van der Waals surface area contributed by atoms with E-state index in [2.05, 4.69) is 30.5 Å². The third-order valence-electron chi connectivity index (χ3n) is 3.46. The van der Waals surface area contributed by atoms with Gasteiger partial charge in [0.1, 0.15) is 0 Å². The van der Waals surface area contributed by atoms with E-state index in [1.165, 1.54) is 12.1 Å². The minimum Gasteiger partial charge on any atom is -0.283 e. The van der Waals surface area contributed by atoms with Gasteiger partial charge in [0.05, 0.1) is 21.9 Å². The van der Waals surface area contributed by atoms with Gasteiger partial charge in [-0.3, -0.25) is 4.72 Å². The molecule has 0 fully saturated rings. The van der Waals surface area contributed by atoms with Crippen LogP contribution in [0.4, 0.5) is 5.69 Å². The van der Waals surface area contributed by atoms with Gasteiger partial charge < -0.3 is 0 Å². The summed E-state index contributed by atoms with van der Waals surface area (Å²) in [5.41, 5.74) is 1.12. The van der Waals surface area contributed by atoms with Crippen molar-refractivity contribution in [2.24, 2.45) is 0 Å². The molecule has 0 atom stereocenters. The van der Waals surface area contributed by atoms with Crippen LogP contribution in [0.5, 0.6) is 0 Å². The zero-order valence-corrected chi connectivity index (χ0v) is 16.6. The number of aromatic nitrogens is 2. The van der Waals surface area contributed by atoms with Crippen LogP contribution in [-0.4, -0.2) is 38.7 Å². The Bertz CT molecular complexity index is 1130. The predicted molar refractivity (Wildman–Crippen MR) is 102 cm³/mol. The number of nitrogens with zero attached hydrogens (tertiary/aromatic N) is 2. The summed E-state index contributed by atoms with van der Waals surface area (Å²) in [6.45, 7) is -0.247. The van der Waals surface area contributed by atoms with Gasteiger partial charge in [0.15, 0.2) is 0 Å². The van der Waals surface area contributed by atoms with Crippen molar-refractivity contribution in [3.63, 3.8) is 0 Å². The number of pyridine rings is 1. The largest absolute Gasteiger partial charge is 0.283 e. The number of hydrogen-bond acceptors (Lipinski definition) is 5. The van der Waals surface area contributed by atoms with Crippen LogP contribution < -0.4 is 9.44 Å². The lowest BCUT2D eigenvalue weighted by Gasteiger charge is -2.10. The molecular formula is C15H15BrN4O4S2. The van der Waals surface area contributed by atoms with Crippen LogP contribution in [0.3, 0.4) is 0 Å². The maximum atomic E-state index is 12.2. The van der Waals surface area contributed by atoms with Gasteiger partial charge in [0, 0.05) is 23.4 Å². The monoisotopic (exact) mass is 458 g/mol. The van der Waals surface area contributed by atoms with Crippen LogP contribution in [0.1, 0.15) is 0 Å². The standard InChI is InChI=1S/C15H15BrN4O4S2/c16-12-1-3-15(4-2-12)26(23,24)18-8-10-25(21,22)19-13-6-9-20-14(11-13)5-7-17-20/h1-7,9,11,18-19H,8,10H2. The van der Waals surface area contributed by atoms with Crippen molar-refractivity contribution in [2.45, 2.75) is 4.90 Å². The molecule has 0 saturated heterocycles. The van der Waals surface area contributed by atoms with E-state index in [0.717, 1.165) is 9.99 Å². The molecule has 0 aliphatic heterocycles. The molecule has 0 radical (unpaired) electrons. The van der Waals surface area contributed by atoms with Crippen LogP contribution in [0, 0.1) is 0 Å². The van der Waals surface area contributed by atoms with Crippen molar-refractivity contribution in [1.82, 2.24) is 14.3 Å². The first-order chi connectivity index (χ1) is 12.3. The van der Waals surface area contributed by atoms with E-state index in [0.29, 0.717) is 5.69 Å². The highest BCUT2D eigenvalue weighted by molar-refractivity contribution is 9.10. The molecule has 138 valence electrons. The first-order valence-corrected chi connectivity index (χ1v) is 11.4. The summed E-state index contributed by atoms with van der Waals surface area (Å²) >= 11 is 3.23. The predicted octanol–water partition coefficient (Wildman–Crippen LogP) is 1.82. The van der Waals surface area contributed by atoms with Crippen LogP contribution in [0.15, 0.2) is 64.2 Å². The first-order valence-electron chi connectivity index (χ1n) is 7.44. The van der Waals surface area contributed by atoms with E-state index in [1.807, 2.05) is 0 Å². The smallest absolute Gasteiger partial charge is 0.240 e. The second kappa shape index (κ2) is 7.35. The fourth-order valence-corrected chi connectivity index (χ4v) is 4.61. The Morgan fingerprint density at radius 2 is 1.77 bits per heavy atom. The zero-order chi connectivity index (χ0) is 18.8. The molecule has 8 nitrogen and oxygen atoms in total. The molecule has 11 heteroatoms. The van der Waals surface area contributed by atoms with Gasteiger partial charge in [-0.25, -0.2) is 26.1 Å². The highest BCUT2D eigenvalue weighted by Crippen LogP contribution is 2.15. The molecule has 0 aliphatic rings. The minimum absolute atomic E-state index is 0.0669. The first kappa shape index (κ1) is 18.8. The molecule has 2 aromatic heterocycles. The lowest BCUT2D eigenvalue weighted by atomic mass is 10.4. The minimum atomic E-state index is -3.77.